The zero-order valence-electron chi connectivity index (χ0n) is 12.8. The van der Waals surface area contributed by atoms with Gasteiger partial charge in [0.15, 0.2) is 0 Å². The van der Waals surface area contributed by atoms with Crippen molar-refractivity contribution in [1.82, 2.24) is 0 Å². The number of nitrogens with zero attached hydrogens (tertiary/aromatic N) is 1. The minimum atomic E-state index is -1.40. The van der Waals surface area contributed by atoms with Crippen molar-refractivity contribution < 1.29 is 14.8 Å². The summed E-state index contributed by atoms with van der Waals surface area (Å²) in [6.45, 7) is 1.52. The van der Waals surface area contributed by atoms with Crippen LogP contribution in [0.1, 0.15) is 36.5 Å². The van der Waals surface area contributed by atoms with Gasteiger partial charge in [0.2, 0.25) is 5.54 Å². The molecule has 5 heteroatoms. The summed E-state index contributed by atoms with van der Waals surface area (Å²) in [5, 5.41) is 20.6. The van der Waals surface area contributed by atoms with Gasteiger partial charge in [0, 0.05) is 23.8 Å². The number of carbonyl (C=O) groups is 1. The minimum Gasteiger partial charge on any atom is -0.481 e. The fraction of sp³-hybridized carbons (Fsp3) is 0.278. The van der Waals surface area contributed by atoms with Gasteiger partial charge in [0.25, 0.3) is 0 Å². The van der Waals surface area contributed by atoms with Gasteiger partial charge in [0.05, 0.1) is 6.42 Å². The van der Waals surface area contributed by atoms with Crippen LogP contribution >= 0.6 is 0 Å². The van der Waals surface area contributed by atoms with Gasteiger partial charge in [-0.25, -0.2) is 0 Å². The minimum absolute atomic E-state index is 0.0257. The summed E-state index contributed by atoms with van der Waals surface area (Å²) < 4.78 is 0. The number of benzene rings is 2. The van der Waals surface area contributed by atoms with E-state index in [9.17, 15) is 14.9 Å². The monoisotopic (exact) mass is 311 g/mol. The Morgan fingerprint density at radius 1 is 1.22 bits per heavy atom. The first-order chi connectivity index (χ1) is 10.9. The number of hydrogen-bond acceptors (Lipinski definition) is 3. The molecular weight excluding hydrogens is 294 g/mol. The highest BCUT2D eigenvalue weighted by molar-refractivity contribution is 5.78. The van der Waals surface area contributed by atoms with Crippen molar-refractivity contribution in [1.29, 1.82) is 0 Å². The molecule has 0 aliphatic heterocycles. The molecule has 0 spiro atoms. The van der Waals surface area contributed by atoms with Crippen molar-refractivity contribution in [2.45, 2.75) is 31.7 Å². The van der Waals surface area contributed by atoms with Gasteiger partial charge in [-0.05, 0) is 28.7 Å². The molecule has 0 radical (unpaired) electrons. The van der Waals surface area contributed by atoms with Crippen LogP contribution in [0.5, 0.6) is 0 Å². The predicted molar refractivity (Wildman–Crippen MR) is 85.9 cm³/mol. The maximum atomic E-state index is 11.7. The third-order valence-electron chi connectivity index (χ3n) is 4.66. The Hall–Kier alpha value is -2.69. The second-order valence-electron chi connectivity index (χ2n) is 6.09. The number of rotatable bonds is 5. The molecule has 1 aliphatic rings. The zero-order valence-corrected chi connectivity index (χ0v) is 12.8. The lowest BCUT2D eigenvalue weighted by Gasteiger charge is -2.23. The van der Waals surface area contributed by atoms with Gasteiger partial charge in [-0.2, -0.15) is 0 Å². The first-order valence-corrected chi connectivity index (χ1v) is 7.50. The fourth-order valence-electron chi connectivity index (χ4n) is 3.34. The summed E-state index contributed by atoms with van der Waals surface area (Å²) in [5.74, 6) is -1.02. The second-order valence-corrected chi connectivity index (χ2v) is 6.09. The Balaban J connectivity index is 2.10. The number of fused-ring (bicyclic) bond motifs is 3. The number of hydrogen-bond donors (Lipinski definition) is 1. The molecule has 0 heterocycles. The Labute approximate surface area is 133 Å². The van der Waals surface area contributed by atoms with Crippen molar-refractivity contribution in [3.8, 4) is 11.1 Å². The molecule has 0 bridgehead atoms. The van der Waals surface area contributed by atoms with E-state index in [0.717, 1.165) is 22.3 Å². The molecule has 0 saturated carbocycles. The molecule has 1 unspecified atom stereocenters. The van der Waals surface area contributed by atoms with Crippen LogP contribution in [0.3, 0.4) is 0 Å². The van der Waals surface area contributed by atoms with Crippen molar-refractivity contribution in [3.63, 3.8) is 0 Å². The molecule has 0 fully saturated rings. The first-order valence-electron chi connectivity index (χ1n) is 7.50. The second kappa shape index (κ2) is 5.50. The molecule has 3 rings (SSSR count). The summed E-state index contributed by atoms with van der Waals surface area (Å²) in [6.07, 6.45) is 0.397. The van der Waals surface area contributed by atoms with Crippen molar-refractivity contribution in [3.05, 3.63) is 69.3 Å². The number of carboxylic acid groups (broad SMARTS) is 1. The summed E-state index contributed by atoms with van der Waals surface area (Å²) in [6, 6.07) is 13.5. The van der Waals surface area contributed by atoms with E-state index in [1.54, 1.807) is 6.07 Å². The van der Waals surface area contributed by atoms with Crippen molar-refractivity contribution >= 4 is 5.97 Å². The highest BCUT2D eigenvalue weighted by Gasteiger charge is 2.42. The van der Waals surface area contributed by atoms with Crippen LogP contribution in [0, 0.1) is 10.1 Å². The van der Waals surface area contributed by atoms with Gasteiger partial charge < -0.3 is 5.11 Å². The lowest BCUT2D eigenvalue weighted by Crippen LogP contribution is -2.33. The summed E-state index contributed by atoms with van der Waals surface area (Å²) in [7, 11) is 0. The smallest absolute Gasteiger partial charge is 0.303 e. The van der Waals surface area contributed by atoms with Crippen molar-refractivity contribution in [2.75, 3.05) is 0 Å². The van der Waals surface area contributed by atoms with E-state index >= 15 is 0 Å². The largest absolute Gasteiger partial charge is 0.481 e. The van der Waals surface area contributed by atoms with Crippen LogP contribution < -0.4 is 0 Å². The molecule has 1 aliphatic carbocycles. The lowest BCUT2D eigenvalue weighted by atomic mass is 9.83. The molecule has 2 aromatic rings. The van der Waals surface area contributed by atoms with E-state index in [1.807, 2.05) is 36.4 Å². The van der Waals surface area contributed by atoms with E-state index in [2.05, 4.69) is 0 Å². The SMILES string of the molecule is CC(CCC(=O)O)(c1cccc2c1Cc1ccccc1-2)[N+](=O)[O-]. The quantitative estimate of drug-likeness (QED) is 0.576. The van der Waals surface area contributed by atoms with Gasteiger partial charge in [-0.3, -0.25) is 14.9 Å². The lowest BCUT2D eigenvalue weighted by molar-refractivity contribution is -0.575. The highest BCUT2D eigenvalue weighted by Crippen LogP contribution is 2.43. The Morgan fingerprint density at radius 2 is 1.91 bits per heavy atom. The third-order valence-corrected chi connectivity index (χ3v) is 4.66. The Morgan fingerprint density at radius 3 is 2.61 bits per heavy atom. The molecule has 0 aromatic heterocycles. The maximum Gasteiger partial charge on any atom is 0.303 e. The molecule has 0 saturated heterocycles. The van der Waals surface area contributed by atoms with Crippen LogP contribution in [-0.4, -0.2) is 16.0 Å². The third kappa shape index (κ3) is 2.48. The highest BCUT2D eigenvalue weighted by atomic mass is 16.6. The zero-order chi connectivity index (χ0) is 16.6. The maximum absolute atomic E-state index is 11.7. The average molecular weight is 311 g/mol. The standard InChI is InChI=1S/C18H17NO4/c1-18(19(22)23,10-9-17(20)21)16-8-4-7-14-13-6-3-2-5-12(13)11-15(14)16/h2-8H,9-11H2,1H3,(H,20,21). The van der Waals surface area contributed by atoms with Crippen LogP contribution in [0.25, 0.3) is 11.1 Å². The van der Waals surface area contributed by atoms with E-state index < -0.39 is 11.5 Å². The van der Waals surface area contributed by atoms with E-state index in [-0.39, 0.29) is 17.8 Å². The number of nitro groups is 1. The van der Waals surface area contributed by atoms with Crippen LogP contribution in [0.4, 0.5) is 0 Å². The Kier molecular flexibility index (Phi) is 3.64. The molecule has 0 amide bonds. The van der Waals surface area contributed by atoms with E-state index in [1.165, 1.54) is 6.92 Å². The van der Waals surface area contributed by atoms with Gasteiger partial charge in [-0.15, -0.1) is 0 Å². The topological polar surface area (TPSA) is 80.4 Å². The van der Waals surface area contributed by atoms with Crippen molar-refractivity contribution in [2.24, 2.45) is 0 Å². The fourth-order valence-corrected chi connectivity index (χ4v) is 3.34. The average Bonchev–Trinajstić information content (AvgIpc) is 2.91. The molecule has 5 nitrogen and oxygen atoms in total. The molecule has 23 heavy (non-hydrogen) atoms. The molecule has 1 atom stereocenters. The first kappa shape index (κ1) is 15.2. The van der Waals surface area contributed by atoms with Gasteiger partial charge in [-0.1, -0.05) is 42.5 Å². The summed E-state index contributed by atoms with van der Waals surface area (Å²) in [5.41, 5.74) is 3.44. The van der Waals surface area contributed by atoms with E-state index in [0.29, 0.717) is 12.0 Å². The van der Waals surface area contributed by atoms with Crippen LogP contribution in [-0.2, 0) is 16.8 Å². The molecule has 118 valence electrons. The predicted octanol–water partition coefficient (Wildman–Crippen LogP) is 3.61. The number of aliphatic carboxylic acids is 1. The van der Waals surface area contributed by atoms with Gasteiger partial charge in [0.1, 0.15) is 0 Å². The summed E-state index contributed by atoms with van der Waals surface area (Å²) in [4.78, 5) is 22.3. The summed E-state index contributed by atoms with van der Waals surface area (Å²) >= 11 is 0. The number of carboxylic acids is 1. The van der Waals surface area contributed by atoms with Crippen LogP contribution in [0.15, 0.2) is 42.5 Å². The normalized spacial score (nSPS) is 14.7. The Bertz CT molecular complexity index is 799. The molecule has 2 aromatic carbocycles. The van der Waals surface area contributed by atoms with Crippen LogP contribution in [0.2, 0.25) is 0 Å². The van der Waals surface area contributed by atoms with Gasteiger partial charge >= 0.3 is 5.97 Å². The molecular formula is C18H17NO4. The molecule has 1 N–H and O–H groups in total. The van der Waals surface area contributed by atoms with E-state index in [4.69, 9.17) is 5.11 Å².